The highest BCUT2D eigenvalue weighted by atomic mass is 31.2. The maximum absolute atomic E-state index is 13.0. The van der Waals surface area contributed by atoms with Crippen molar-refractivity contribution < 1.29 is 52.2 Å². The van der Waals surface area contributed by atoms with Gasteiger partial charge in [0.05, 0.1) is 19.8 Å². The lowest BCUT2D eigenvalue weighted by atomic mass is 10.0. The van der Waals surface area contributed by atoms with Crippen molar-refractivity contribution in [3.8, 4) is 0 Å². The molecule has 0 aliphatic carbocycles. The van der Waals surface area contributed by atoms with E-state index < -0.39 is 57.8 Å². The summed E-state index contributed by atoms with van der Waals surface area (Å²) in [7, 11) is -4.76. The molecule has 0 rings (SSSR count). The van der Waals surface area contributed by atoms with Crippen molar-refractivity contribution in [1.29, 1.82) is 0 Å². The van der Waals surface area contributed by atoms with Crippen LogP contribution in [0.25, 0.3) is 0 Å². The van der Waals surface area contributed by atoms with Crippen molar-refractivity contribution in [2.45, 2.75) is 315 Å². The highest BCUT2D eigenvalue weighted by molar-refractivity contribution is 7.47. The van der Waals surface area contributed by atoms with Gasteiger partial charge in [-0.25, -0.2) is 4.57 Å². The first-order chi connectivity index (χ1) is 38.2. The van der Waals surface area contributed by atoms with Gasteiger partial charge < -0.3 is 24.2 Å². The molecule has 0 aliphatic rings. The maximum Gasteiger partial charge on any atom is 0.472 e. The Hall–Kier alpha value is -2.82. The SMILES string of the molecule is CC/C=C\C/C=C\C/C=C\C/C=C\C/C=C\CCCC(=O)OCC(COP(=O)(O)OCC(CO)OC(=O)CCCCCCCCCCCCCCCCC)OC(=O)CCCCCCCCCCCCCCCCCCCCC. The molecule has 0 heterocycles. The smallest absolute Gasteiger partial charge is 0.462 e. The summed E-state index contributed by atoms with van der Waals surface area (Å²) >= 11 is 0. The number of aliphatic hydroxyl groups is 1. The van der Waals surface area contributed by atoms with Gasteiger partial charge >= 0.3 is 25.7 Å². The summed E-state index contributed by atoms with van der Waals surface area (Å²) in [5, 5.41) is 9.85. The van der Waals surface area contributed by atoms with E-state index in [0.717, 1.165) is 70.6 Å². The van der Waals surface area contributed by atoms with Crippen molar-refractivity contribution in [1.82, 2.24) is 0 Å². The van der Waals surface area contributed by atoms with Crippen molar-refractivity contribution in [3.63, 3.8) is 0 Å². The molecule has 3 unspecified atom stereocenters. The van der Waals surface area contributed by atoms with E-state index in [0.29, 0.717) is 25.7 Å². The van der Waals surface area contributed by atoms with E-state index in [2.05, 4.69) is 75.5 Å². The molecule has 0 aliphatic heterocycles. The first kappa shape index (κ1) is 75.2. The van der Waals surface area contributed by atoms with E-state index in [1.165, 1.54) is 167 Å². The second kappa shape index (κ2) is 60.3. The van der Waals surface area contributed by atoms with Gasteiger partial charge in [-0.2, -0.15) is 0 Å². The number of rotatable bonds is 60. The van der Waals surface area contributed by atoms with Crippen LogP contribution in [-0.4, -0.2) is 66.5 Å². The van der Waals surface area contributed by atoms with Crippen molar-refractivity contribution in [2.75, 3.05) is 26.4 Å². The summed E-state index contributed by atoms with van der Waals surface area (Å²) in [4.78, 5) is 48.7. The predicted molar refractivity (Wildman–Crippen MR) is 325 cm³/mol. The topological polar surface area (TPSA) is 155 Å². The van der Waals surface area contributed by atoms with Crippen LogP contribution in [0.15, 0.2) is 60.8 Å². The lowest BCUT2D eigenvalue weighted by Gasteiger charge is -2.21. The van der Waals surface area contributed by atoms with Gasteiger partial charge in [0.25, 0.3) is 0 Å². The summed E-state index contributed by atoms with van der Waals surface area (Å²) in [5.41, 5.74) is 0. The minimum Gasteiger partial charge on any atom is -0.462 e. The summed E-state index contributed by atoms with van der Waals surface area (Å²) in [5.74, 6) is -1.51. The molecule has 0 aromatic carbocycles. The Bertz CT molecular complexity index is 1540. The fourth-order valence-electron chi connectivity index (χ4n) is 9.10. The van der Waals surface area contributed by atoms with E-state index in [9.17, 15) is 28.9 Å². The van der Waals surface area contributed by atoms with Crippen molar-refractivity contribution in [3.05, 3.63) is 60.8 Å². The van der Waals surface area contributed by atoms with Gasteiger partial charge in [0.15, 0.2) is 6.10 Å². The van der Waals surface area contributed by atoms with Crippen LogP contribution >= 0.6 is 7.82 Å². The van der Waals surface area contributed by atoms with Gasteiger partial charge in [0, 0.05) is 19.3 Å². The Morgan fingerprint density at radius 3 is 1.01 bits per heavy atom. The molecule has 0 saturated carbocycles. The maximum atomic E-state index is 13.0. The number of allylic oxidation sites excluding steroid dienone is 10. The summed E-state index contributed by atoms with van der Waals surface area (Å²) in [6.07, 6.45) is 67.5. The van der Waals surface area contributed by atoms with Crippen LogP contribution in [0, 0.1) is 0 Å². The molecule has 454 valence electrons. The second-order valence-electron chi connectivity index (χ2n) is 21.6. The average molecular weight is 1120 g/mol. The number of phosphoric acid groups is 1. The van der Waals surface area contributed by atoms with E-state index in [-0.39, 0.29) is 25.9 Å². The number of phosphoric ester groups is 1. The van der Waals surface area contributed by atoms with Crippen LogP contribution in [0.5, 0.6) is 0 Å². The Morgan fingerprint density at radius 1 is 0.372 bits per heavy atom. The summed E-state index contributed by atoms with van der Waals surface area (Å²) < 4.78 is 39.6. The third-order valence-electron chi connectivity index (χ3n) is 14.0. The first-order valence-electron chi connectivity index (χ1n) is 32.2. The highest BCUT2D eigenvalue weighted by Crippen LogP contribution is 2.43. The van der Waals surface area contributed by atoms with Crippen molar-refractivity contribution in [2.24, 2.45) is 0 Å². The molecule has 0 radical (unpaired) electrons. The summed E-state index contributed by atoms with van der Waals surface area (Å²) in [6.45, 7) is 4.53. The molecule has 0 fully saturated rings. The third-order valence-corrected chi connectivity index (χ3v) is 14.9. The van der Waals surface area contributed by atoms with E-state index >= 15 is 0 Å². The Labute approximate surface area is 478 Å². The molecule has 3 atom stereocenters. The Kier molecular flexibility index (Phi) is 58.1. The number of carbonyl (C=O) groups is 3. The average Bonchev–Trinajstić information content (AvgIpc) is 3.43. The zero-order valence-corrected chi connectivity index (χ0v) is 51.3. The molecule has 0 aromatic rings. The second-order valence-corrected chi connectivity index (χ2v) is 23.0. The largest absolute Gasteiger partial charge is 0.472 e. The molecule has 11 nitrogen and oxygen atoms in total. The fraction of sp³-hybridized carbons (Fsp3) is 0.803. The highest BCUT2D eigenvalue weighted by Gasteiger charge is 2.28. The lowest BCUT2D eigenvalue weighted by Crippen LogP contribution is -2.30. The minimum atomic E-state index is -4.76. The Morgan fingerprint density at radius 2 is 0.667 bits per heavy atom. The Balaban J connectivity index is 4.73. The molecule has 0 bridgehead atoms. The van der Waals surface area contributed by atoms with Crippen LogP contribution in [0.2, 0.25) is 0 Å². The van der Waals surface area contributed by atoms with Gasteiger partial charge in [-0.15, -0.1) is 0 Å². The zero-order chi connectivity index (χ0) is 56.9. The van der Waals surface area contributed by atoms with Gasteiger partial charge in [-0.3, -0.25) is 23.4 Å². The molecular weight excluding hydrogens is 1000 g/mol. The third kappa shape index (κ3) is 57.9. The standard InChI is InChI=1S/C66H119O11P/c1-4-7-10-13-16-19-22-25-28-30-31-33-36-39-42-45-48-51-54-57-66(70)77-63(59-73-64(68)55-52-49-46-43-40-37-35-32-29-26-23-20-17-14-11-8-5-2)61-75-78(71,72)74-60-62(58-67)76-65(69)56-53-50-47-44-41-38-34-27-24-21-18-15-12-9-6-3/h8,11,17,20,26,29,35,37,43,46,62-63,67H,4-7,9-10,12-16,18-19,21-25,27-28,30-34,36,38-42,44-45,47-61H2,1-3H3,(H,71,72)/b11-8-,20-17-,29-26-,37-35-,46-43-. The first-order valence-corrected chi connectivity index (χ1v) is 33.7. The predicted octanol–water partition coefficient (Wildman–Crippen LogP) is 19.5. The van der Waals surface area contributed by atoms with Crippen LogP contribution in [0.1, 0.15) is 303 Å². The number of ether oxygens (including phenoxy) is 3. The summed E-state index contributed by atoms with van der Waals surface area (Å²) in [6, 6.07) is 0. The molecule has 78 heavy (non-hydrogen) atoms. The number of unbranched alkanes of at least 4 members (excludes halogenated alkanes) is 33. The molecule has 2 N–H and O–H groups in total. The van der Waals surface area contributed by atoms with Crippen molar-refractivity contribution >= 4 is 25.7 Å². The number of aliphatic hydroxyl groups excluding tert-OH is 1. The molecule has 0 aromatic heterocycles. The van der Waals surface area contributed by atoms with Crippen LogP contribution in [-0.2, 0) is 42.2 Å². The number of hydrogen-bond acceptors (Lipinski definition) is 10. The van der Waals surface area contributed by atoms with E-state index in [1.54, 1.807) is 0 Å². The minimum absolute atomic E-state index is 0.150. The zero-order valence-electron chi connectivity index (χ0n) is 50.4. The normalized spacial score (nSPS) is 13.7. The van der Waals surface area contributed by atoms with E-state index in [1.807, 2.05) is 6.08 Å². The fourth-order valence-corrected chi connectivity index (χ4v) is 9.88. The molecule has 0 spiro atoms. The molecule has 12 heteroatoms. The van der Waals surface area contributed by atoms with E-state index in [4.69, 9.17) is 23.3 Å². The molecular formula is C66H119O11P. The number of hydrogen-bond donors (Lipinski definition) is 2. The van der Waals surface area contributed by atoms with Gasteiger partial charge in [0.2, 0.25) is 0 Å². The quantitative estimate of drug-likeness (QED) is 0.0197. The van der Waals surface area contributed by atoms with Gasteiger partial charge in [-0.1, -0.05) is 287 Å². The monoisotopic (exact) mass is 1120 g/mol. The molecule has 0 amide bonds. The van der Waals surface area contributed by atoms with Crippen LogP contribution in [0.4, 0.5) is 0 Å². The van der Waals surface area contributed by atoms with Crippen LogP contribution < -0.4 is 0 Å². The molecule has 0 saturated heterocycles. The number of carbonyl (C=O) groups excluding carboxylic acids is 3. The number of esters is 3. The van der Waals surface area contributed by atoms with Gasteiger partial charge in [0.1, 0.15) is 12.7 Å². The lowest BCUT2D eigenvalue weighted by molar-refractivity contribution is -0.161. The van der Waals surface area contributed by atoms with Crippen LogP contribution in [0.3, 0.4) is 0 Å². The van der Waals surface area contributed by atoms with Gasteiger partial charge in [-0.05, 0) is 57.8 Å².